The van der Waals surface area contributed by atoms with Gasteiger partial charge in [0, 0.05) is 13.1 Å². The summed E-state index contributed by atoms with van der Waals surface area (Å²) >= 11 is 0. The van der Waals surface area contributed by atoms with Crippen LogP contribution in [-0.4, -0.2) is 59.4 Å². The molecule has 6 nitrogen and oxygen atoms in total. The first-order valence-electron chi connectivity index (χ1n) is 6.65. The number of Topliss-reactive ketones (excluding diaryl/α,β-unsaturated/α-hetero) is 2. The summed E-state index contributed by atoms with van der Waals surface area (Å²) in [6, 6.07) is 0. The highest BCUT2D eigenvalue weighted by atomic mass is 16.2. The summed E-state index contributed by atoms with van der Waals surface area (Å²) in [4.78, 5) is 48.0. The molecule has 2 aliphatic rings. The molecular weight excluding hydrogens is 248 g/mol. The van der Waals surface area contributed by atoms with Gasteiger partial charge in [-0.15, -0.1) is 0 Å². The van der Waals surface area contributed by atoms with Gasteiger partial charge in [0.15, 0.2) is 11.6 Å². The van der Waals surface area contributed by atoms with Gasteiger partial charge >= 0.3 is 0 Å². The number of carbonyl (C=O) groups is 4. The molecule has 2 heterocycles. The number of nitrogens with zero attached hydrogens (tertiary/aromatic N) is 2. The maximum absolute atomic E-state index is 11.4. The molecule has 0 radical (unpaired) electrons. The van der Waals surface area contributed by atoms with Crippen molar-refractivity contribution in [1.82, 2.24) is 9.80 Å². The predicted molar refractivity (Wildman–Crippen MR) is 66.3 cm³/mol. The third kappa shape index (κ3) is 3.62. The number of carbonyl (C=O) groups excluding carboxylic acids is 4. The minimum Gasteiger partial charge on any atom is -0.335 e. The van der Waals surface area contributed by atoms with E-state index in [9.17, 15) is 19.2 Å². The molecule has 2 saturated heterocycles. The van der Waals surface area contributed by atoms with Gasteiger partial charge in [0.05, 0.1) is 25.9 Å². The molecule has 104 valence electrons. The molecule has 0 saturated carbocycles. The Hall–Kier alpha value is -1.72. The summed E-state index contributed by atoms with van der Waals surface area (Å²) in [6.07, 6.45) is 2.63. The van der Waals surface area contributed by atoms with Crippen LogP contribution in [-0.2, 0) is 19.2 Å². The Balaban J connectivity index is 1.58. The number of amides is 2. The highest BCUT2D eigenvalue weighted by Crippen LogP contribution is 2.11. The fraction of sp³-hybridized carbons (Fsp3) is 0.692. The van der Waals surface area contributed by atoms with Gasteiger partial charge < -0.3 is 9.80 Å². The first-order chi connectivity index (χ1) is 9.06. The Labute approximate surface area is 111 Å². The molecule has 0 aromatic heterocycles. The van der Waals surface area contributed by atoms with E-state index in [1.54, 1.807) is 9.80 Å². The molecule has 0 aromatic carbocycles. The van der Waals surface area contributed by atoms with Crippen LogP contribution in [0.1, 0.15) is 32.1 Å². The van der Waals surface area contributed by atoms with Gasteiger partial charge in [-0.05, 0) is 19.3 Å². The van der Waals surface area contributed by atoms with E-state index in [0.717, 1.165) is 19.3 Å². The highest BCUT2D eigenvalue weighted by molar-refractivity contribution is 6.05. The molecule has 19 heavy (non-hydrogen) atoms. The molecule has 0 spiro atoms. The van der Waals surface area contributed by atoms with Gasteiger partial charge in [-0.25, -0.2) is 0 Å². The molecule has 0 unspecified atom stereocenters. The molecule has 0 aromatic rings. The summed E-state index contributed by atoms with van der Waals surface area (Å²) in [5.74, 6) is -0.173. The fourth-order valence-electron chi connectivity index (χ4n) is 2.46. The van der Waals surface area contributed by atoms with Crippen molar-refractivity contribution < 1.29 is 19.2 Å². The summed E-state index contributed by atoms with van der Waals surface area (Å²) in [5, 5.41) is 0. The topological polar surface area (TPSA) is 74.8 Å². The second-order valence-electron chi connectivity index (χ2n) is 5.12. The van der Waals surface area contributed by atoms with E-state index in [4.69, 9.17) is 0 Å². The van der Waals surface area contributed by atoms with Gasteiger partial charge in [0.25, 0.3) is 0 Å². The molecule has 0 atom stereocenters. The van der Waals surface area contributed by atoms with Crippen molar-refractivity contribution in [3.05, 3.63) is 0 Å². The molecule has 0 aliphatic carbocycles. The fourth-order valence-corrected chi connectivity index (χ4v) is 2.46. The van der Waals surface area contributed by atoms with Crippen molar-refractivity contribution in [2.75, 3.05) is 26.2 Å². The van der Waals surface area contributed by atoms with Crippen molar-refractivity contribution >= 4 is 23.4 Å². The Morgan fingerprint density at radius 3 is 1.42 bits per heavy atom. The van der Waals surface area contributed by atoms with E-state index >= 15 is 0 Å². The first kappa shape index (κ1) is 13.7. The lowest BCUT2D eigenvalue weighted by Gasteiger charge is -2.16. The minimum absolute atomic E-state index is 0.00817. The third-order valence-electron chi connectivity index (χ3n) is 3.49. The van der Waals surface area contributed by atoms with Crippen LogP contribution >= 0.6 is 0 Å². The predicted octanol–water partition coefficient (Wildman–Crippen LogP) is -0.240. The Morgan fingerprint density at radius 1 is 0.684 bits per heavy atom. The maximum atomic E-state index is 11.4. The van der Waals surface area contributed by atoms with Crippen LogP contribution in [0.25, 0.3) is 0 Å². The van der Waals surface area contributed by atoms with Gasteiger partial charge in [-0.2, -0.15) is 0 Å². The van der Waals surface area contributed by atoms with Gasteiger partial charge in [-0.3, -0.25) is 19.2 Å². The van der Waals surface area contributed by atoms with Gasteiger partial charge in [0.2, 0.25) is 11.8 Å². The van der Waals surface area contributed by atoms with Crippen LogP contribution in [0.15, 0.2) is 0 Å². The van der Waals surface area contributed by atoms with E-state index in [1.807, 2.05) is 0 Å². The van der Waals surface area contributed by atoms with Crippen molar-refractivity contribution in [2.45, 2.75) is 32.1 Å². The van der Waals surface area contributed by atoms with E-state index in [2.05, 4.69) is 0 Å². The lowest BCUT2D eigenvalue weighted by Crippen LogP contribution is -2.28. The lowest BCUT2D eigenvalue weighted by molar-refractivity contribution is -0.128. The number of likely N-dealkylation sites (tertiary alicyclic amines) is 2. The molecular formula is C13H18N2O4. The quantitative estimate of drug-likeness (QED) is 0.491. The molecule has 6 heteroatoms. The van der Waals surface area contributed by atoms with Gasteiger partial charge in [-0.1, -0.05) is 0 Å². The Bertz CT molecular complexity index is 381. The van der Waals surface area contributed by atoms with Crippen LogP contribution in [0, 0.1) is 0 Å². The van der Waals surface area contributed by atoms with Crippen LogP contribution in [0.3, 0.4) is 0 Å². The number of hydrogen-bond donors (Lipinski definition) is 0. The zero-order valence-electron chi connectivity index (χ0n) is 10.9. The average molecular weight is 266 g/mol. The standard InChI is InChI=1S/C13H18N2O4/c16-10-6-12(18)14(8-10)4-2-1-3-5-15-9-11(17)7-13(15)19/h1-9H2. The van der Waals surface area contributed by atoms with Crippen LogP contribution in [0.2, 0.25) is 0 Å². The molecule has 0 bridgehead atoms. The summed E-state index contributed by atoms with van der Waals surface area (Å²) in [5.41, 5.74) is 0. The zero-order valence-corrected chi connectivity index (χ0v) is 10.9. The number of unbranched alkanes of at least 4 members (excludes halogenated alkanes) is 2. The number of hydrogen-bond acceptors (Lipinski definition) is 4. The smallest absolute Gasteiger partial charge is 0.230 e. The summed E-state index contributed by atoms with van der Waals surface area (Å²) in [7, 11) is 0. The normalized spacial score (nSPS) is 20.0. The first-order valence-corrected chi connectivity index (χ1v) is 6.65. The summed E-state index contributed by atoms with van der Waals surface area (Å²) in [6.45, 7) is 1.71. The van der Waals surface area contributed by atoms with E-state index in [-0.39, 0.29) is 49.3 Å². The maximum Gasteiger partial charge on any atom is 0.230 e. The largest absolute Gasteiger partial charge is 0.335 e. The lowest BCUT2D eigenvalue weighted by atomic mass is 10.2. The molecule has 2 rings (SSSR count). The van der Waals surface area contributed by atoms with E-state index < -0.39 is 0 Å². The minimum atomic E-state index is -0.0784. The van der Waals surface area contributed by atoms with Crippen molar-refractivity contribution in [3.8, 4) is 0 Å². The second-order valence-corrected chi connectivity index (χ2v) is 5.12. The molecule has 2 amide bonds. The summed E-state index contributed by atoms with van der Waals surface area (Å²) < 4.78 is 0. The Morgan fingerprint density at radius 2 is 1.11 bits per heavy atom. The van der Waals surface area contributed by atoms with Crippen molar-refractivity contribution in [3.63, 3.8) is 0 Å². The van der Waals surface area contributed by atoms with Crippen molar-refractivity contribution in [2.24, 2.45) is 0 Å². The highest BCUT2D eigenvalue weighted by Gasteiger charge is 2.27. The number of ketones is 2. The third-order valence-corrected chi connectivity index (χ3v) is 3.49. The SMILES string of the molecule is O=C1CC(=O)N(CCCCCN2CC(=O)CC2=O)C1. The van der Waals surface area contributed by atoms with E-state index in [1.165, 1.54) is 0 Å². The molecule has 2 aliphatic heterocycles. The molecule has 0 N–H and O–H groups in total. The van der Waals surface area contributed by atoms with Crippen LogP contribution < -0.4 is 0 Å². The van der Waals surface area contributed by atoms with Crippen molar-refractivity contribution in [1.29, 1.82) is 0 Å². The second kappa shape index (κ2) is 5.95. The Kier molecular flexibility index (Phi) is 4.29. The molecule has 2 fully saturated rings. The zero-order chi connectivity index (χ0) is 13.8. The van der Waals surface area contributed by atoms with Crippen LogP contribution in [0.4, 0.5) is 0 Å². The monoisotopic (exact) mass is 266 g/mol. The average Bonchev–Trinajstić information content (AvgIpc) is 2.81. The van der Waals surface area contributed by atoms with E-state index in [0.29, 0.717) is 13.1 Å². The number of rotatable bonds is 6. The van der Waals surface area contributed by atoms with Gasteiger partial charge in [0.1, 0.15) is 0 Å². The van der Waals surface area contributed by atoms with Crippen LogP contribution in [0.5, 0.6) is 0 Å².